The van der Waals surface area contributed by atoms with Crippen molar-refractivity contribution in [3.63, 3.8) is 0 Å². The van der Waals surface area contributed by atoms with Crippen molar-refractivity contribution in [3.05, 3.63) is 22.7 Å². The van der Waals surface area contributed by atoms with E-state index in [0.717, 1.165) is 19.6 Å². The fourth-order valence-corrected chi connectivity index (χ4v) is 2.32. The molecule has 0 bridgehead atoms. The molecule has 104 valence electrons. The zero-order valence-corrected chi connectivity index (χ0v) is 12.0. The van der Waals surface area contributed by atoms with Crippen LogP contribution in [0.5, 0.6) is 11.5 Å². The molecule has 1 aliphatic rings. The Bertz CT molecular complexity index is 472. The summed E-state index contributed by atoms with van der Waals surface area (Å²) in [4.78, 5) is 14.4. The van der Waals surface area contributed by atoms with Gasteiger partial charge in [-0.15, -0.1) is 0 Å². The second kappa shape index (κ2) is 6.26. The van der Waals surface area contributed by atoms with Crippen LogP contribution >= 0.6 is 11.6 Å². The minimum Gasteiger partial charge on any atom is -0.454 e. The van der Waals surface area contributed by atoms with Crippen LogP contribution in [0.3, 0.4) is 0 Å². The minimum absolute atomic E-state index is 0.0372. The van der Waals surface area contributed by atoms with Crippen molar-refractivity contribution in [3.8, 4) is 11.5 Å². The summed E-state index contributed by atoms with van der Waals surface area (Å²) in [5.74, 6) is 1.23. The van der Waals surface area contributed by atoms with Crippen LogP contribution in [0, 0.1) is 0 Å². The minimum atomic E-state index is 0.0372. The predicted molar refractivity (Wildman–Crippen MR) is 74.3 cm³/mol. The van der Waals surface area contributed by atoms with Gasteiger partial charge in [-0.2, -0.15) is 0 Å². The highest BCUT2D eigenvalue weighted by molar-refractivity contribution is 6.34. The van der Waals surface area contributed by atoms with Crippen molar-refractivity contribution in [1.29, 1.82) is 0 Å². The summed E-state index contributed by atoms with van der Waals surface area (Å²) in [5.41, 5.74) is 0.512. The molecule has 0 N–H and O–H groups in total. The number of hydrogen-bond acceptors (Lipinski definition) is 4. The van der Waals surface area contributed by atoms with Crippen LogP contribution in [0.15, 0.2) is 12.1 Å². The van der Waals surface area contributed by atoms with E-state index in [1.807, 2.05) is 0 Å². The Morgan fingerprint density at radius 3 is 2.53 bits per heavy atom. The van der Waals surface area contributed by atoms with Crippen LogP contribution in [-0.2, 0) is 0 Å². The van der Waals surface area contributed by atoms with E-state index in [9.17, 15) is 4.79 Å². The van der Waals surface area contributed by atoms with E-state index in [-0.39, 0.29) is 12.6 Å². The molecule has 0 aromatic heterocycles. The van der Waals surface area contributed by atoms with E-state index in [0.29, 0.717) is 28.5 Å². The van der Waals surface area contributed by atoms with Gasteiger partial charge in [-0.25, -0.2) is 0 Å². The normalized spacial score (nSPS) is 13.1. The van der Waals surface area contributed by atoms with Gasteiger partial charge in [-0.05, 0) is 19.2 Å². The fourth-order valence-electron chi connectivity index (χ4n) is 2.07. The first kappa shape index (κ1) is 14.2. The topological polar surface area (TPSA) is 38.8 Å². The molecule has 1 heterocycles. The molecule has 1 aliphatic heterocycles. The smallest absolute Gasteiger partial charge is 0.231 e. The molecule has 0 aliphatic carbocycles. The summed E-state index contributed by atoms with van der Waals surface area (Å²) < 4.78 is 10.5. The van der Waals surface area contributed by atoms with Crippen LogP contribution < -0.4 is 9.47 Å². The van der Waals surface area contributed by atoms with Crippen LogP contribution in [0.4, 0.5) is 0 Å². The monoisotopic (exact) mass is 283 g/mol. The molecule has 0 unspecified atom stereocenters. The highest BCUT2D eigenvalue weighted by Crippen LogP contribution is 2.37. The SMILES string of the molecule is CCN(CC)CCC(=O)c1cc2c(cc1Cl)OCO2. The first-order valence-electron chi connectivity index (χ1n) is 6.50. The summed E-state index contributed by atoms with van der Waals surface area (Å²) in [6.07, 6.45) is 0.459. The Morgan fingerprint density at radius 1 is 1.26 bits per heavy atom. The first-order chi connectivity index (χ1) is 9.15. The maximum Gasteiger partial charge on any atom is 0.231 e. The van der Waals surface area contributed by atoms with Crippen molar-refractivity contribution in [2.45, 2.75) is 20.3 Å². The number of ether oxygens (including phenoxy) is 2. The van der Waals surface area contributed by atoms with Gasteiger partial charge in [0.2, 0.25) is 6.79 Å². The second-order valence-electron chi connectivity index (χ2n) is 4.39. The summed E-state index contributed by atoms with van der Waals surface area (Å²) >= 11 is 6.12. The molecule has 1 aromatic carbocycles. The lowest BCUT2D eigenvalue weighted by Crippen LogP contribution is -2.25. The number of benzene rings is 1. The Hall–Kier alpha value is -1.26. The quantitative estimate of drug-likeness (QED) is 0.753. The van der Waals surface area contributed by atoms with E-state index in [4.69, 9.17) is 21.1 Å². The van der Waals surface area contributed by atoms with Gasteiger partial charge in [-0.1, -0.05) is 25.4 Å². The van der Waals surface area contributed by atoms with E-state index < -0.39 is 0 Å². The van der Waals surface area contributed by atoms with E-state index >= 15 is 0 Å². The lowest BCUT2D eigenvalue weighted by atomic mass is 10.1. The number of fused-ring (bicyclic) bond motifs is 1. The maximum absolute atomic E-state index is 12.2. The van der Waals surface area contributed by atoms with Gasteiger partial charge < -0.3 is 14.4 Å². The van der Waals surface area contributed by atoms with Crippen molar-refractivity contribution in [2.24, 2.45) is 0 Å². The third kappa shape index (κ3) is 3.19. The summed E-state index contributed by atoms with van der Waals surface area (Å²) in [5, 5.41) is 0.425. The highest BCUT2D eigenvalue weighted by Gasteiger charge is 2.20. The van der Waals surface area contributed by atoms with Gasteiger partial charge in [0.25, 0.3) is 0 Å². The van der Waals surface area contributed by atoms with E-state index in [2.05, 4.69) is 18.7 Å². The number of hydrogen-bond donors (Lipinski definition) is 0. The zero-order valence-electron chi connectivity index (χ0n) is 11.2. The van der Waals surface area contributed by atoms with Crippen LogP contribution in [0.1, 0.15) is 30.6 Å². The fraction of sp³-hybridized carbons (Fsp3) is 0.500. The molecule has 0 fully saturated rings. The summed E-state index contributed by atoms with van der Waals surface area (Å²) in [7, 11) is 0. The second-order valence-corrected chi connectivity index (χ2v) is 4.79. The third-order valence-electron chi connectivity index (χ3n) is 3.31. The Labute approximate surface area is 118 Å². The number of rotatable bonds is 6. The van der Waals surface area contributed by atoms with Crippen molar-refractivity contribution in [2.75, 3.05) is 26.4 Å². The zero-order chi connectivity index (χ0) is 13.8. The average molecular weight is 284 g/mol. The van der Waals surface area contributed by atoms with Gasteiger partial charge >= 0.3 is 0 Å². The van der Waals surface area contributed by atoms with Crippen molar-refractivity contribution < 1.29 is 14.3 Å². The first-order valence-corrected chi connectivity index (χ1v) is 6.88. The average Bonchev–Trinajstić information content (AvgIpc) is 2.85. The molecular weight excluding hydrogens is 266 g/mol. The number of carbonyl (C=O) groups is 1. The molecule has 2 rings (SSSR count). The van der Waals surface area contributed by atoms with Crippen molar-refractivity contribution >= 4 is 17.4 Å². The van der Waals surface area contributed by atoms with Gasteiger partial charge in [0.1, 0.15) is 0 Å². The molecule has 19 heavy (non-hydrogen) atoms. The van der Waals surface area contributed by atoms with Gasteiger partial charge in [0, 0.05) is 24.6 Å². The number of ketones is 1. The number of carbonyl (C=O) groups excluding carboxylic acids is 1. The summed E-state index contributed by atoms with van der Waals surface area (Å²) in [6.45, 7) is 6.99. The molecule has 0 spiro atoms. The third-order valence-corrected chi connectivity index (χ3v) is 3.62. The molecule has 0 atom stereocenters. The van der Waals surface area contributed by atoms with Crippen LogP contribution in [0.2, 0.25) is 5.02 Å². The molecule has 4 nitrogen and oxygen atoms in total. The molecular formula is C14H18ClNO3. The Balaban J connectivity index is 2.07. The summed E-state index contributed by atoms with van der Waals surface area (Å²) in [6, 6.07) is 3.32. The number of halogens is 1. The van der Waals surface area contributed by atoms with Gasteiger partial charge in [0.05, 0.1) is 5.02 Å². The van der Waals surface area contributed by atoms with E-state index in [1.54, 1.807) is 12.1 Å². The predicted octanol–water partition coefficient (Wildman–Crippen LogP) is 2.98. The molecule has 0 amide bonds. The molecule has 5 heteroatoms. The van der Waals surface area contributed by atoms with Crippen molar-refractivity contribution in [1.82, 2.24) is 4.90 Å². The molecule has 0 saturated heterocycles. The van der Waals surface area contributed by atoms with Crippen LogP contribution in [-0.4, -0.2) is 37.1 Å². The molecule has 1 aromatic rings. The lowest BCUT2D eigenvalue weighted by Gasteiger charge is -2.17. The maximum atomic E-state index is 12.2. The van der Waals surface area contributed by atoms with E-state index in [1.165, 1.54) is 0 Å². The van der Waals surface area contributed by atoms with Gasteiger partial charge in [-0.3, -0.25) is 4.79 Å². The van der Waals surface area contributed by atoms with Crippen LogP contribution in [0.25, 0.3) is 0 Å². The lowest BCUT2D eigenvalue weighted by molar-refractivity contribution is 0.0966. The number of nitrogens with zero attached hydrogens (tertiary/aromatic N) is 1. The molecule has 0 saturated carbocycles. The highest BCUT2D eigenvalue weighted by atomic mass is 35.5. The van der Waals surface area contributed by atoms with Gasteiger partial charge in [0.15, 0.2) is 17.3 Å². The molecule has 0 radical (unpaired) electrons. The standard InChI is InChI=1S/C14H18ClNO3/c1-3-16(4-2)6-5-12(17)10-7-13-14(8-11(10)15)19-9-18-13/h7-8H,3-6,9H2,1-2H3. The largest absolute Gasteiger partial charge is 0.454 e. The number of Topliss-reactive ketones (excluding diaryl/α,β-unsaturated/α-hetero) is 1. The Morgan fingerprint density at radius 2 is 1.89 bits per heavy atom. The Kier molecular flexibility index (Phi) is 4.66.